The summed E-state index contributed by atoms with van der Waals surface area (Å²) in [4.78, 5) is 17.4. The summed E-state index contributed by atoms with van der Waals surface area (Å²) >= 11 is 0. The third-order valence-electron chi connectivity index (χ3n) is 6.28. The van der Waals surface area contributed by atoms with Crippen molar-refractivity contribution in [1.29, 1.82) is 0 Å². The number of amides is 1. The second-order valence-electron chi connectivity index (χ2n) is 8.72. The fourth-order valence-corrected chi connectivity index (χ4v) is 4.23. The standard InChI is InChI=1S/C26H30N4O3/c1-18-16-21(8-13-25(18)30(32)33)19-4-6-20(7-5-19)26(31)27-22-9-11-23(12-10-22)29-15-14-24(17-29)28(2)3/h4-13,16,24,32-33H,14-15,17H2,1-3H3,(H,27,31). The summed E-state index contributed by atoms with van der Waals surface area (Å²) < 4.78 is 0. The van der Waals surface area contributed by atoms with Crippen molar-refractivity contribution in [2.24, 2.45) is 0 Å². The first-order valence-corrected chi connectivity index (χ1v) is 11.0. The Morgan fingerprint density at radius 3 is 2.21 bits per heavy atom. The van der Waals surface area contributed by atoms with Crippen LogP contribution in [0.5, 0.6) is 0 Å². The molecule has 7 nitrogen and oxygen atoms in total. The Bertz CT molecular complexity index is 1110. The van der Waals surface area contributed by atoms with Crippen LogP contribution >= 0.6 is 0 Å². The zero-order valence-electron chi connectivity index (χ0n) is 19.2. The molecular formula is C26H30N4O3. The van der Waals surface area contributed by atoms with Crippen LogP contribution in [-0.4, -0.2) is 54.4 Å². The average molecular weight is 447 g/mol. The zero-order chi connectivity index (χ0) is 23.5. The van der Waals surface area contributed by atoms with E-state index in [2.05, 4.69) is 41.3 Å². The summed E-state index contributed by atoms with van der Waals surface area (Å²) in [7, 11) is 4.24. The number of aryl methyl sites for hydroxylation is 1. The van der Waals surface area contributed by atoms with Crippen LogP contribution in [0.2, 0.25) is 0 Å². The van der Waals surface area contributed by atoms with Crippen molar-refractivity contribution < 1.29 is 15.2 Å². The van der Waals surface area contributed by atoms with Gasteiger partial charge in [-0.3, -0.25) is 15.2 Å². The molecule has 0 bridgehead atoms. The first-order valence-electron chi connectivity index (χ1n) is 11.0. The van der Waals surface area contributed by atoms with E-state index in [-0.39, 0.29) is 11.1 Å². The van der Waals surface area contributed by atoms with Gasteiger partial charge in [0.2, 0.25) is 0 Å². The number of carbonyl (C=O) groups excluding carboxylic acids is 1. The van der Waals surface area contributed by atoms with Crippen LogP contribution in [0.4, 0.5) is 17.1 Å². The van der Waals surface area contributed by atoms with Crippen LogP contribution in [-0.2, 0) is 0 Å². The van der Waals surface area contributed by atoms with Crippen molar-refractivity contribution in [3.63, 3.8) is 0 Å². The molecule has 1 atom stereocenters. The number of nitrogens with one attached hydrogen (secondary N) is 1. The Morgan fingerprint density at radius 2 is 1.64 bits per heavy atom. The molecule has 1 amide bonds. The van der Waals surface area contributed by atoms with Gasteiger partial charge in [0.25, 0.3) is 5.91 Å². The van der Waals surface area contributed by atoms with Crippen molar-refractivity contribution in [1.82, 2.24) is 4.90 Å². The zero-order valence-corrected chi connectivity index (χ0v) is 19.2. The topological polar surface area (TPSA) is 79.3 Å². The lowest BCUT2D eigenvalue weighted by atomic mass is 10.0. The third-order valence-corrected chi connectivity index (χ3v) is 6.28. The predicted octanol–water partition coefficient (Wildman–Crippen LogP) is 4.64. The van der Waals surface area contributed by atoms with E-state index in [9.17, 15) is 15.2 Å². The summed E-state index contributed by atoms with van der Waals surface area (Å²) in [6, 6.07) is 21.2. The van der Waals surface area contributed by atoms with Gasteiger partial charge in [0.1, 0.15) is 0 Å². The molecular weight excluding hydrogens is 416 g/mol. The summed E-state index contributed by atoms with van der Waals surface area (Å²) in [6.45, 7) is 3.86. The second-order valence-corrected chi connectivity index (χ2v) is 8.72. The minimum atomic E-state index is -0.161. The molecule has 0 radical (unpaired) electrons. The minimum Gasteiger partial charge on any atom is -0.370 e. The van der Waals surface area contributed by atoms with E-state index in [0.29, 0.717) is 17.3 Å². The van der Waals surface area contributed by atoms with Crippen molar-refractivity contribution in [3.8, 4) is 11.1 Å². The Morgan fingerprint density at radius 1 is 0.970 bits per heavy atom. The molecule has 33 heavy (non-hydrogen) atoms. The van der Waals surface area contributed by atoms with E-state index < -0.39 is 0 Å². The molecule has 1 aliphatic rings. The van der Waals surface area contributed by atoms with Crippen molar-refractivity contribution in [2.75, 3.05) is 42.6 Å². The van der Waals surface area contributed by atoms with Gasteiger partial charge >= 0.3 is 0 Å². The van der Waals surface area contributed by atoms with Crippen LogP contribution in [0, 0.1) is 6.92 Å². The number of benzene rings is 3. The van der Waals surface area contributed by atoms with Crippen molar-refractivity contribution in [2.45, 2.75) is 19.4 Å². The molecule has 0 aliphatic carbocycles. The van der Waals surface area contributed by atoms with Gasteiger partial charge in [0, 0.05) is 36.1 Å². The Balaban J connectivity index is 1.39. The van der Waals surface area contributed by atoms with E-state index in [1.54, 1.807) is 31.2 Å². The number of nitrogens with zero attached hydrogens (tertiary/aromatic N) is 3. The van der Waals surface area contributed by atoms with Crippen LogP contribution in [0.15, 0.2) is 66.7 Å². The molecule has 172 valence electrons. The van der Waals surface area contributed by atoms with Gasteiger partial charge in [-0.05, 0) is 92.7 Å². The number of carbonyl (C=O) groups is 1. The number of likely N-dealkylation sites (N-methyl/N-ethyl adjacent to an activating group) is 1. The lowest BCUT2D eigenvalue weighted by molar-refractivity contribution is 0.0288. The maximum absolute atomic E-state index is 12.7. The highest BCUT2D eigenvalue weighted by Crippen LogP contribution is 2.27. The first kappa shape index (κ1) is 22.8. The van der Waals surface area contributed by atoms with Crippen molar-refractivity contribution in [3.05, 3.63) is 77.9 Å². The van der Waals surface area contributed by atoms with Crippen LogP contribution < -0.4 is 15.4 Å². The molecule has 1 fully saturated rings. The number of rotatable bonds is 6. The van der Waals surface area contributed by atoms with Gasteiger partial charge in [-0.2, -0.15) is 0 Å². The average Bonchev–Trinajstić information content (AvgIpc) is 3.30. The molecule has 1 aliphatic heterocycles. The fraction of sp³-hybridized carbons (Fsp3) is 0.269. The van der Waals surface area contributed by atoms with E-state index in [1.165, 1.54) is 5.69 Å². The molecule has 3 aromatic carbocycles. The van der Waals surface area contributed by atoms with Crippen LogP contribution in [0.1, 0.15) is 22.3 Å². The lowest BCUT2D eigenvalue weighted by Crippen LogP contribution is -2.31. The summed E-state index contributed by atoms with van der Waals surface area (Å²) in [5.41, 5.74) is 5.43. The number of anilines is 3. The summed E-state index contributed by atoms with van der Waals surface area (Å²) in [5, 5.41) is 21.5. The molecule has 0 spiro atoms. The molecule has 1 unspecified atom stereocenters. The molecule has 0 saturated carbocycles. The predicted molar refractivity (Wildman–Crippen MR) is 131 cm³/mol. The highest BCUT2D eigenvalue weighted by atomic mass is 16.8. The van der Waals surface area contributed by atoms with Gasteiger partial charge in [-0.15, -0.1) is 5.23 Å². The van der Waals surface area contributed by atoms with Crippen LogP contribution in [0.3, 0.4) is 0 Å². The Kier molecular flexibility index (Phi) is 6.65. The monoisotopic (exact) mass is 446 g/mol. The van der Waals surface area contributed by atoms with E-state index >= 15 is 0 Å². The van der Waals surface area contributed by atoms with E-state index in [0.717, 1.165) is 41.9 Å². The van der Waals surface area contributed by atoms with Gasteiger partial charge < -0.3 is 15.1 Å². The normalized spacial score (nSPS) is 15.7. The molecule has 1 saturated heterocycles. The summed E-state index contributed by atoms with van der Waals surface area (Å²) in [6.07, 6.45) is 1.16. The van der Waals surface area contributed by atoms with E-state index in [4.69, 9.17) is 0 Å². The molecule has 3 aromatic rings. The quantitative estimate of drug-likeness (QED) is 0.479. The smallest absolute Gasteiger partial charge is 0.255 e. The Labute approximate surface area is 194 Å². The first-order chi connectivity index (χ1) is 15.8. The lowest BCUT2D eigenvalue weighted by Gasteiger charge is -2.22. The molecule has 4 rings (SSSR count). The maximum Gasteiger partial charge on any atom is 0.255 e. The van der Waals surface area contributed by atoms with Crippen LogP contribution in [0.25, 0.3) is 11.1 Å². The van der Waals surface area contributed by atoms with Gasteiger partial charge in [-0.1, -0.05) is 18.2 Å². The third kappa shape index (κ3) is 5.17. The largest absolute Gasteiger partial charge is 0.370 e. The number of hydrogen-bond acceptors (Lipinski definition) is 6. The highest BCUT2D eigenvalue weighted by molar-refractivity contribution is 6.04. The minimum absolute atomic E-state index is 0.116. The number of hydrogen-bond donors (Lipinski definition) is 3. The molecule has 7 heteroatoms. The fourth-order valence-electron chi connectivity index (χ4n) is 4.23. The molecule has 0 aromatic heterocycles. The van der Waals surface area contributed by atoms with Crippen molar-refractivity contribution >= 4 is 23.0 Å². The van der Waals surface area contributed by atoms with Gasteiger partial charge in [0.05, 0.1) is 5.69 Å². The van der Waals surface area contributed by atoms with Gasteiger partial charge in [-0.25, -0.2) is 0 Å². The molecule has 1 heterocycles. The van der Waals surface area contributed by atoms with Gasteiger partial charge in [0.15, 0.2) is 0 Å². The Hall–Kier alpha value is -3.39. The molecule has 3 N–H and O–H groups in total. The highest BCUT2D eigenvalue weighted by Gasteiger charge is 2.24. The summed E-state index contributed by atoms with van der Waals surface area (Å²) in [5.74, 6) is -0.161. The van der Waals surface area contributed by atoms with E-state index in [1.807, 2.05) is 30.3 Å². The second kappa shape index (κ2) is 9.62. The maximum atomic E-state index is 12.7. The SMILES string of the molecule is Cc1cc(-c2ccc(C(=O)Nc3ccc(N4CCC(N(C)C)C4)cc3)cc2)ccc1N(O)O.